The summed E-state index contributed by atoms with van der Waals surface area (Å²) in [7, 11) is -2.47. The van der Waals surface area contributed by atoms with Crippen molar-refractivity contribution in [1.82, 2.24) is 0 Å². The van der Waals surface area contributed by atoms with Gasteiger partial charge in [0.15, 0.2) is 0 Å². The first kappa shape index (κ1) is 18.9. The normalized spacial score (nSPS) is 13.5. The quantitative estimate of drug-likeness (QED) is 0.327. The van der Waals surface area contributed by atoms with E-state index in [-0.39, 0.29) is 11.2 Å². The Morgan fingerprint density at radius 2 is 1.80 bits per heavy atom. The van der Waals surface area contributed by atoms with Gasteiger partial charge in [0, 0.05) is 33.8 Å². The van der Waals surface area contributed by atoms with Crippen LogP contribution in [0.2, 0.25) is 0 Å². The van der Waals surface area contributed by atoms with E-state index in [4.69, 9.17) is 10.1 Å². The van der Waals surface area contributed by atoms with E-state index in [2.05, 4.69) is 9.80 Å². The van der Waals surface area contributed by atoms with E-state index >= 15 is 0 Å². The molecule has 0 saturated heterocycles. The molecule has 7 nitrogen and oxygen atoms in total. The molecule has 1 N–H and O–H groups in total. The van der Waals surface area contributed by atoms with Crippen molar-refractivity contribution in [1.29, 1.82) is 0 Å². The van der Waals surface area contributed by atoms with Crippen LogP contribution in [0.1, 0.15) is 26.3 Å². The Kier molecular flexibility index (Phi) is 5.43. The van der Waals surface area contributed by atoms with Crippen LogP contribution in [0.15, 0.2) is 53.4 Å². The van der Waals surface area contributed by atoms with Gasteiger partial charge in [-0.3, -0.25) is 0 Å². The molecule has 132 valence electrons. The summed E-state index contributed by atoms with van der Waals surface area (Å²) in [4.78, 5) is 16.8. The molecule has 0 heterocycles. The van der Waals surface area contributed by atoms with Gasteiger partial charge in [0.05, 0.1) is 0 Å². The standard InChI is InChI=1S/C17H21N4O3P/c1-17(2,3)15-12-14(21(4)13-8-6-5-7-9-13)10-11-16(15)24-25(22,23)20-19-18/h5-12H,1-4H3,(H,22,23). The van der Waals surface area contributed by atoms with Crippen LogP contribution in [0.5, 0.6) is 5.75 Å². The van der Waals surface area contributed by atoms with Gasteiger partial charge >= 0.3 is 7.75 Å². The highest BCUT2D eigenvalue weighted by Crippen LogP contribution is 2.47. The fourth-order valence-corrected chi connectivity index (χ4v) is 2.94. The zero-order chi connectivity index (χ0) is 18.7. The Hall–Kier alpha value is -2.46. The van der Waals surface area contributed by atoms with Gasteiger partial charge in [-0.25, -0.2) is 4.57 Å². The lowest BCUT2D eigenvalue weighted by Crippen LogP contribution is -2.15. The lowest BCUT2D eigenvalue weighted by Gasteiger charge is -2.27. The van der Waals surface area contributed by atoms with Crippen LogP contribution in [0.4, 0.5) is 11.4 Å². The summed E-state index contributed by atoms with van der Waals surface area (Å²) >= 11 is 0. The Bertz CT molecular complexity index is 843. The minimum Gasteiger partial charge on any atom is -0.420 e. The third kappa shape index (κ3) is 4.77. The Labute approximate surface area is 147 Å². The van der Waals surface area contributed by atoms with Crippen LogP contribution >= 0.6 is 7.75 Å². The SMILES string of the molecule is CN(c1ccccc1)c1ccc(OP(=O)(O)N=[N+]=[N-])c(C(C)(C)C)c1. The first-order valence-corrected chi connectivity index (χ1v) is 9.19. The molecule has 0 radical (unpaired) electrons. The van der Waals surface area contributed by atoms with Crippen LogP contribution in [0.25, 0.3) is 10.4 Å². The molecule has 0 fully saturated rings. The molecule has 0 saturated carbocycles. The first-order valence-electron chi connectivity index (χ1n) is 7.66. The van der Waals surface area contributed by atoms with Crippen molar-refractivity contribution >= 4 is 19.1 Å². The predicted molar refractivity (Wildman–Crippen MR) is 99.2 cm³/mol. The third-order valence-electron chi connectivity index (χ3n) is 3.67. The molecule has 2 rings (SSSR count). The van der Waals surface area contributed by atoms with E-state index in [0.717, 1.165) is 16.9 Å². The van der Waals surface area contributed by atoms with Crippen molar-refractivity contribution in [2.75, 3.05) is 11.9 Å². The van der Waals surface area contributed by atoms with E-state index < -0.39 is 7.75 Å². The van der Waals surface area contributed by atoms with Gasteiger partial charge in [0.1, 0.15) is 5.75 Å². The van der Waals surface area contributed by atoms with Gasteiger partial charge in [-0.2, -0.15) is 0 Å². The molecule has 2 aromatic rings. The van der Waals surface area contributed by atoms with Gasteiger partial charge in [-0.05, 0) is 41.3 Å². The van der Waals surface area contributed by atoms with Gasteiger partial charge in [-0.15, -0.1) is 0 Å². The molecule has 2 aromatic carbocycles. The average Bonchev–Trinajstić information content (AvgIpc) is 2.54. The van der Waals surface area contributed by atoms with Crippen molar-refractivity contribution < 1.29 is 14.0 Å². The maximum Gasteiger partial charge on any atom is 0.468 e. The second-order valence-corrected chi connectivity index (χ2v) is 7.93. The van der Waals surface area contributed by atoms with Crippen LogP contribution in [0, 0.1) is 0 Å². The number of hydrogen-bond donors (Lipinski definition) is 1. The number of rotatable bonds is 5. The molecule has 1 atom stereocenters. The summed E-state index contributed by atoms with van der Waals surface area (Å²) in [6.07, 6.45) is 0. The fraction of sp³-hybridized carbons (Fsp3) is 0.294. The Morgan fingerprint density at radius 1 is 1.16 bits per heavy atom. The Balaban J connectivity index is 2.47. The number of nitrogens with zero attached hydrogens (tertiary/aromatic N) is 4. The van der Waals surface area contributed by atoms with Crippen LogP contribution in [0.3, 0.4) is 0 Å². The predicted octanol–water partition coefficient (Wildman–Crippen LogP) is 5.54. The lowest BCUT2D eigenvalue weighted by atomic mass is 9.86. The number of hydrogen-bond acceptors (Lipinski definition) is 3. The lowest BCUT2D eigenvalue weighted by molar-refractivity contribution is 0.375. The van der Waals surface area contributed by atoms with Crippen molar-refractivity contribution in [2.45, 2.75) is 26.2 Å². The van der Waals surface area contributed by atoms with E-state index in [1.54, 1.807) is 12.1 Å². The molecule has 0 spiro atoms. The summed E-state index contributed by atoms with van der Waals surface area (Å²) < 4.78 is 16.9. The minimum absolute atomic E-state index is 0.218. The molecule has 0 amide bonds. The third-order valence-corrected chi connectivity index (χ3v) is 4.41. The summed E-state index contributed by atoms with van der Waals surface area (Å²) in [5, 5.41) is 0. The van der Waals surface area contributed by atoms with E-state index in [1.807, 2.05) is 69.1 Å². The molecule has 0 aromatic heterocycles. The van der Waals surface area contributed by atoms with Gasteiger partial charge in [0.25, 0.3) is 0 Å². The number of para-hydroxylation sites is 1. The zero-order valence-electron chi connectivity index (χ0n) is 14.6. The van der Waals surface area contributed by atoms with Crippen molar-refractivity contribution in [2.24, 2.45) is 4.88 Å². The van der Waals surface area contributed by atoms with Crippen LogP contribution in [-0.4, -0.2) is 11.9 Å². The van der Waals surface area contributed by atoms with E-state index in [9.17, 15) is 9.46 Å². The molecule has 1 unspecified atom stereocenters. The summed E-state index contributed by atoms with van der Waals surface area (Å²) in [5.41, 5.74) is 10.7. The highest BCUT2D eigenvalue weighted by Gasteiger charge is 2.26. The van der Waals surface area contributed by atoms with Gasteiger partial charge < -0.3 is 14.3 Å². The summed E-state index contributed by atoms with van der Waals surface area (Å²) in [6, 6.07) is 15.1. The minimum atomic E-state index is -4.41. The largest absolute Gasteiger partial charge is 0.468 e. The van der Waals surface area contributed by atoms with E-state index in [0.29, 0.717) is 0 Å². The molecule has 0 bridgehead atoms. The highest BCUT2D eigenvalue weighted by molar-refractivity contribution is 7.51. The summed E-state index contributed by atoms with van der Waals surface area (Å²) in [6.45, 7) is 5.91. The second kappa shape index (κ2) is 7.19. The number of anilines is 2. The molecular weight excluding hydrogens is 339 g/mol. The van der Waals surface area contributed by atoms with Gasteiger partial charge in [0.2, 0.25) is 0 Å². The topological polar surface area (TPSA) is 98.5 Å². The van der Waals surface area contributed by atoms with E-state index in [1.165, 1.54) is 0 Å². The smallest absolute Gasteiger partial charge is 0.420 e. The second-order valence-electron chi connectivity index (χ2n) is 6.59. The van der Waals surface area contributed by atoms with Crippen LogP contribution < -0.4 is 9.42 Å². The van der Waals surface area contributed by atoms with Crippen molar-refractivity contribution in [3.63, 3.8) is 0 Å². The summed E-state index contributed by atoms with van der Waals surface area (Å²) in [5.74, 6) is 0.218. The van der Waals surface area contributed by atoms with Crippen LogP contribution in [-0.2, 0) is 9.98 Å². The molecule has 0 aliphatic carbocycles. The number of azide groups is 1. The van der Waals surface area contributed by atoms with Crippen molar-refractivity contribution in [3.05, 3.63) is 64.5 Å². The zero-order valence-corrected chi connectivity index (χ0v) is 15.5. The molecule has 25 heavy (non-hydrogen) atoms. The molecule has 8 heteroatoms. The maximum atomic E-state index is 11.8. The fourth-order valence-electron chi connectivity index (χ4n) is 2.39. The monoisotopic (exact) mass is 360 g/mol. The van der Waals surface area contributed by atoms with Gasteiger partial charge in [-0.1, -0.05) is 39.0 Å². The first-order chi connectivity index (χ1) is 11.6. The number of benzene rings is 2. The molecular formula is C17H21N4O3P. The van der Waals surface area contributed by atoms with Crippen molar-refractivity contribution in [3.8, 4) is 5.75 Å². The average molecular weight is 360 g/mol. The highest BCUT2D eigenvalue weighted by atomic mass is 31.2. The molecule has 0 aliphatic rings. The Morgan fingerprint density at radius 3 is 2.36 bits per heavy atom. The maximum absolute atomic E-state index is 11.8. The molecule has 0 aliphatic heterocycles.